The van der Waals surface area contributed by atoms with E-state index in [1.165, 1.54) is 32.4 Å². The molecule has 2 fully saturated rings. The van der Waals surface area contributed by atoms with Crippen LogP contribution in [-0.4, -0.2) is 54.1 Å². The van der Waals surface area contributed by atoms with Crippen molar-refractivity contribution >= 4 is 5.69 Å². The molecule has 3 heterocycles. The molecule has 0 radical (unpaired) electrons. The van der Waals surface area contributed by atoms with Crippen molar-refractivity contribution < 1.29 is 4.74 Å². The fourth-order valence-electron chi connectivity index (χ4n) is 3.08. The number of rotatable bonds is 5. The van der Waals surface area contributed by atoms with Crippen molar-refractivity contribution in [3.8, 4) is 0 Å². The van der Waals surface area contributed by atoms with Crippen LogP contribution in [-0.2, 0) is 11.3 Å². The van der Waals surface area contributed by atoms with Gasteiger partial charge in [-0.05, 0) is 51.7 Å². The number of nitrogens with zero attached hydrogens (tertiary/aromatic N) is 3. The van der Waals surface area contributed by atoms with Gasteiger partial charge in [0.15, 0.2) is 0 Å². The van der Waals surface area contributed by atoms with E-state index >= 15 is 0 Å². The summed E-state index contributed by atoms with van der Waals surface area (Å²) in [5, 5.41) is 7.95. The Morgan fingerprint density at radius 3 is 2.95 bits per heavy atom. The van der Waals surface area contributed by atoms with Crippen LogP contribution >= 0.6 is 0 Å². The van der Waals surface area contributed by atoms with Crippen LogP contribution in [0.3, 0.4) is 0 Å². The highest BCUT2D eigenvalue weighted by Gasteiger charge is 2.18. The van der Waals surface area contributed by atoms with E-state index in [0.29, 0.717) is 6.10 Å². The minimum atomic E-state index is 0.358. The molecule has 1 aromatic heterocycles. The van der Waals surface area contributed by atoms with Crippen LogP contribution in [0, 0.1) is 5.92 Å². The van der Waals surface area contributed by atoms with Gasteiger partial charge in [0.25, 0.3) is 0 Å². The highest BCUT2D eigenvalue weighted by Crippen LogP contribution is 2.18. The van der Waals surface area contributed by atoms with Crippen molar-refractivity contribution in [3.05, 3.63) is 12.4 Å². The number of aromatic nitrogens is 2. The van der Waals surface area contributed by atoms with Gasteiger partial charge in [-0.2, -0.15) is 5.10 Å². The summed E-state index contributed by atoms with van der Waals surface area (Å²) < 4.78 is 7.65. The quantitative estimate of drug-likeness (QED) is 0.892. The number of anilines is 1. The van der Waals surface area contributed by atoms with Crippen LogP contribution in [0.4, 0.5) is 5.69 Å². The minimum absolute atomic E-state index is 0.358. The zero-order chi connectivity index (χ0) is 13.8. The maximum Gasteiger partial charge on any atom is 0.0771 e. The van der Waals surface area contributed by atoms with Crippen molar-refractivity contribution in [1.29, 1.82) is 0 Å². The zero-order valence-corrected chi connectivity index (χ0v) is 12.4. The Morgan fingerprint density at radius 2 is 2.20 bits per heavy atom. The van der Waals surface area contributed by atoms with Crippen molar-refractivity contribution in [2.24, 2.45) is 5.92 Å². The second kappa shape index (κ2) is 6.59. The van der Waals surface area contributed by atoms with Gasteiger partial charge in [-0.25, -0.2) is 0 Å². The second-order valence-electron chi connectivity index (χ2n) is 6.21. The van der Waals surface area contributed by atoms with Gasteiger partial charge in [0.1, 0.15) is 0 Å². The molecule has 0 aromatic carbocycles. The van der Waals surface area contributed by atoms with E-state index in [9.17, 15) is 0 Å². The van der Waals surface area contributed by atoms with E-state index in [-0.39, 0.29) is 0 Å². The highest BCUT2D eigenvalue weighted by molar-refractivity contribution is 5.38. The maximum absolute atomic E-state index is 5.65. The van der Waals surface area contributed by atoms with Gasteiger partial charge in [0.2, 0.25) is 0 Å². The molecule has 1 atom stereocenters. The lowest BCUT2D eigenvalue weighted by molar-refractivity contribution is 0.0940. The summed E-state index contributed by atoms with van der Waals surface area (Å²) in [5.41, 5.74) is 1.14. The Balaban J connectivity index is 1.42. The summed E-state index contributed by atoms with van der Waals surface area (Å²) in [6.45, 7) is 5.32. The predicted octanol–water partition coefficient (Wildman–Crippen LogP) is 1.82. The highest BCUT2D eigenvalue weighted by atomic mass is 16.5. The molecule has 0 bridgehead atoms. The van der Waals surface area contributed by atoms with Gasteiger partial charge in [-0.1, -0.05) is 0 Å². The van der Waals surface area contributed by atoms with Gasteiger partial charge in [0.05, 0.1) is 24.5 Å². The number of piperidine rings is 1. The fraction of sp³-hybridized carbons (Fsp3) is 0.800. The van der Waals surface area contributed by atoms with Crippen molar-refractivity contribution in [1.82, 2.24) is 14.7 Å². The van der Waals surface area contributed by atoms with Crippen molar-refractivity contribution in [2.45, 2.75) is 38.3 Å². The maximum atomic E-state index is 5.65. The molecule has 0 aliphatic carbocycles. The molecule has 1 unspecified atom stereocenters. The summed E-state index contributed by atoms with van der Waals surface area (Å²) in [6.07, 6.45) is 9.35. The third-order valence-corrected chi connectivity index (χ3v) is 4.48. The van der Waals surface area contributed by atoms with Crippen LogP contribution in [0.5, 0.6) is 0 Å². The van der Waals surface area contributed by atoms with E-state index in [2.05, 4.69) is 28.6 Å². The van der Waals surface area contributed by atoms with Crippen molar-refractivity contribution in [2.75, 3.05) is 38.6 Å². The lowest BCUT2D eigenvalue weighted by Gasteiger charge is -2.29. The molecule has 2 saturated heterocycles. The molecule has 0 saturated carbocycles. The lowest BCUT2D eigenvalue weighted by Crippen LogP contribution is -2.32. The molecule has 3 rings (SSSR count). The summed E-state index contributed by atoms with van der Waals surface area (Å²) in [7, 11) is 2.21. The van der Waals surface area contributed by atoms with E-state index in [4.69, 9.17) is 4.74 Å². The Morgan fingerprint density at radius 1 is 1.35 bits per heavy atom. The molecule has 1 aromatic rings. The summed E-state index contributed by atoms with van der Waals surface area (Å²) >= 11 is 0. The predicted molar refractivity (Wildman–Crippen MR) is 79.9 cm³/mol. The average Bonchev–Trinajstić information content (AvgIpc) is 3.11. The van der Waals surface area contributed by atoms with E-state index in [1.807, 2.05) is 10.9 Å². The molecule has 0 spiro atoms. The largest absolute Gasteiger partial charge is 0.382 e. The third kappa shape index (κ3) is 3.73. The average molecular weight is 278 g/mol. The topological polar surface area (TPSA) is 42.3 Å². The normalized spacial score (nSPS) is 25.1. The molecule has 2 aliphatic rings. The minimum Gasteiger partial charge on any atom is -0.382 e. The van der Waals surface area contributed by atoms with Crippen LogP contribution in [0.25, 0.3) is 0 Å². The standard InChI is InChI=1S/C15H26N4O/c1-18-6-4-13(5-7-18)9-16-14-10-17-19(11-14)12-15-3-2-8-20-15/h10-11,13,15-16H,2-9,12H2,1H3. The molecule has 5 heteroatoms. The summed E-state index contributed by atoms with van der Waals surface area (Å²) in [5.74, 6) is 0.799. The first kappa shape index (κ1) is 13.9. The number of likely N-dealkylation sites (tertiary alicyclic amines) is 1. The molecule has 2 aliphatic heterocycles. The van der Waals surface area contributed by atoms with Gasteiger partial charge in [-0.15, -0.1) is 0 Å². The Labute approximate surface area is 121 Å². The first-order valence-electron chi connectivity index (χ1n) is 7.86. The number of hydrogen-bond acceptors (Lipinski definition) is 4. The number of ether oxygens (including phenoxy) is 1. The molecule has 20 heavy (non-hydrogen) atoms. The number of nitrogens with one attached hydrogen (secondary N) is 1. The first-order valence-corrected chi connectivity index (χ1v) is 7.86. The van der Waals surface area contributed by atoms with E-state index in [0.717, 1.165) is 37.7 Å². The smallest absolute Gasteiger partial charge is 0.0771 e. The Hall–Kier alpha value is -1.07. The number of hydrogen-bond donors (Lipinski definition) is 1. The zero-order valence-electron chi connectivity index (χ0n) is 12.4. The SMILES string of the molecule is CN1CCC(CNc2cnn(CC3CCCO3)c2)CC1. The van der Waals surface area contributed by atoms with E-state index in [1.54, 1.807) is 0 Å². The monoisotopic (exact) mass is 278 g/mol. The Kier molecular flexibility index (Phi) is 4.58. The van der Waals surface area contributed by atoms with Gasteiger partial charge < -0.3 is 15.0 Å². The van der Waals surface area contributed by atoms with Crippen LogP contribution in [0.1, 0.15) is 25.7 Å². The first-order chi connectivity index (χ1) is 9.79. The molecule has 112 valence electrons. The molecule has 5 nitrogen and oxygen atoms in total. The Bertz CT molecular complexity index is 406. The summed E-state index contributed by atoms with van der Waals surface area (Å²) in [6, 6.07) is 0. The van der Waals surface area contributed by atoms with Crippen molar-refractivity contribution in [3.63, 3.8) is 0 Å². The fourth-order valence-corrected chi connectivity index (χ4v) is 3.08. The van der Waals surface area contributed by atoms with Gasteiger partial charge in [0, 0.05) is 19.3 Å². The molecular weight excluding hydrogens is 252 g/mol. The molecule has 1 N–H and O–H groups in total. The van der Waals surface area contributed by atoms with Crippen LogP contribution < -0.4 is 5.32 Å². The lowest BCUT2D eigenvalue weighted by atomic mass is 9.97. The van der Waals surface area contributed by atoms with E-state index < -0.39 is 0 Å². The van der Waals surface area contributed by atoms with Gasteiger partial charge in [-0.3, -0.25) is 4.68 Å². The third-order valence-electron chi connectivity index (χ3n) is 4.48. The second-order valence-corrected chi connectivity index (χ2v) is 6.21. The summed E-state index contributed by atoms with van der Waals surface area (Å²) in [4.78, 5) is 2.41. The van der Waals surface area contributed by atoms with Crippen LogP contribution in [0.2, 0.25) is 0 Å². The van der Waals surface area contributed by atoms with Crippen LogP contribution in [0.15, 0.2) is 12.4 Å². The molecular formula is C15H26N4O. The molecule has 0 amide bonds. The van der Waals surface area contributed by atoms with Gasteiger partial charge >= 0.3 is 0 Å².